The maximum atomic E-state index is 9.75. The summed E-state index contributed by atoms with van der Waals surface area (Å²) in [4.78, 5) is 4.26. The molecule has 0 aromatic carbocycles. The Kier molecular flexibility index (Phi) is 4.56. The Morgan fingerprint density at radius 2 is 2.29 bits per heavy atom. The monoisotopic (exact) mass is 195 g/mol. The van der Waals surface area contributed by atoms with Crippen molar-refractivity contribution < 1.29 is 9.84 Å². The molecule has 14 heavy (non-hydrogen) atoms. The highest BCUT2D eigenvalue weighted by Gasteiger charge is 2.07. The van der Waals surface area contributed by atoms with E-state index in [1.165, 1.54) is 0 Å². The average molecular weight is 195 g/mol. The van der Waals surface area contributed by atoms with Crippen LogP contribution in [0, 0.1) is 6.92 Å². The molecule has 1 rings (SSSR count). The third-order valence-electron chi connectivity index (χ3n) is 2.08. The molecule has 1 heterocycles. The van der Waals surface area contributed by atoms with Crippen LogP contribution in [0.15, 0.2) is 18.2 Å². The van der Waals surface area contributed by atoms with Crippen LogP contribution in [0.25, 0.3) is 0 Å². The minimum atomic E-state index is -0.468. The van der Waals surface area contributed by atoms with E-state index in [1.54, 1.807) is 7.11 Å². The molecule has 0 radical (unpaired) electrons. The Hall–Kier alpha value is -0.930. The number of aryl methyl sites for hydroxylation is 1. The third kappa shape index (κ3) is 3.44. The molecule has 0 saturated carbocycles. The number of hydrogen-bond acceptors (Lipinski definition) is 3. The number of ether oxygens (including phenoxy) is 1. The van der Waals surface area contributed by atoms with Gasteiger partial charge in [-0.25, -0.2) is 0 Å². The summed E-state index contributed by atoms with van der Waals surface area (Å²) in [5.74, 6) is 0. The Morgan fingerprint density at radius 3 is 2.93 bits per heavy atom. The number of aliphatic hydroxyl groups is 1. The highest BCUT2D eigenvalue weighted by Crippen LogP contribution is 2.15. The van der Waals surface area contributed by atoms with Gasteiger partial charge in [-0.2, -0.15) is 0 Å². The Morgan fingerprint density at radius 1 is 1.50 bits per heavy atom. The number of pyridine rings is 1. The molecular weight excluding hydrogens is 178 g/mol. The van der Waals surface area contributed by atoms with Gasteiger partial charge in [-0.1, -0.05) is 6.07 Å². The van der Waals surface area contributed by atoms with E-state index < -0.39 is 6.10 Å². The molecule has 0 saturated heterocycles. The molecule has 0 aliphatic rings. The van der Waals surface area contributed by atoms with Gasteiger partial charge in [0.05, 0.1) is 11.8 Å². The Bertz CT molecular complexity index is 276. The normalized spacial score (nSPS) is 12.8. The lowest BCUT2D eigenvalue weighted by Crippen LogP contribution is -2.02. The van der Waals surface area contributed by atoms with Crippen molar-refractivity contribution >= 4 is 0 Å². The molecule has 1 unspecified atom stereocenters. The number of aliphatic hydroxyl groups excluding tert-OH is 1. The standard InChI is InChI=1S/C11H17NO2/c1-9-5-3-6-10(12-9)11(13)7-4-8-14-2/h3,5-6,11,13H,4,7-8H2,1-2H3. The number of aromatic nitrogens is 1. The van der Waals surface area contributed by atoms with Crippen LogP contribution in [0.2, 0.25) is 0 Å². The molecule has 3 heteroatoms. The van der Waals surface area contributed by atoms with E-state index in [-0.39, 0.29) is 0 Å². The molecule has 3 nitrogen and oxygen atoms in total. The lowest BCUT2D eigenvalue weighted by molar-refractivity contribution is 0.133. The zero-order valence-corrected chi connectivity index (χ0v) is 8.73. The Labute approximate surface area is 84.7 Å². The maximum absolute atomic E-state index is 9.75. The molecule has 78 valence electrons. The molecule has 0 aliphatic heterocycles. The van der Waals surface area contributed by atoms with Crippen LogP contribution >= 0.6 is 0 Å². The maximum Gasteiger partial charge on any atom is 0.0960 e. The summed E-state index contributed by atoms with van der Waals surface area (Å²) < 4.78 is 4.92. The van der Waals surface area contributed by atoms with Crippen molar-refractivity contribution in [1.82, 2.24) is 4.98 Å². The van der Waals surface area contributed by atoms with E-state index in [0.717, 1.165) is 17.8 Å². The lowest BCUT2D eigenvalue weighted by Gasteiger charge is -2.09. The zero-order chi connectivity index (χ0) is 10.4. The van der Waals surface area contributed by atoms with Gasteiger partial charge in [0.1, 0.15) is 0 Å². The van der Waals surface area contributed by atoms with Crippen LogP contribution in [-0.4, -0.2) is 23.8 Å². The summed E-state index contributed by atoms with van der Waals surface area (Å²) in [5.41, 5.74) is 1.69. The lowest BCUT2D eigenvalue weighted by atomic mass is 10.1. The van der Waals surface area contributed by atoms with Crippen molar-refractivity contribution in [3.8, 4) is 0 Å². The van der Waals surface area contributed by atoms with Crippen LogP contribution < -0.4 is 0 Å². The predicted molar refractivity (Wildman–Crippen MR) is 55.0 cm³/mol. The summed E-state index contributed by atoms with van der Waals surface area (Å²) in [6.07, 6.45) is 1.09. The molecule has 1 atom stereocenters. The summed E-state index contributed by atoms with van der Waals surface area (Å²) >= 11 is 0. The van der Waals surface area contributed by atoms with Gasteiger partial charge < -0.3 is 9.84 Å². The molecule has 0 aliphatic carbocycles. The Balaban J connectivity index is 2.47. The van der Waals surface area contributed by atoms with Gasteiger partial charge in [-0.3, -0.25) is 4.98 Å². The van der Waals surface area contributed by atoms with Crippen molar-refractivity contribution in [2.75, 3.05) is 13.7 Å². The molecule has 1 aromatic heterocycles. The first-order valence-corrected chi connectivity index (χ1v) is 4.84. The molecule has 0 bridgehead atoms. The van der Waals surface area contributed by atoms with Crippen molar-refractivity contribution in [3.63, 3.8) is 0 Å². The van der Waals surface area contributed by atoms with Crippen LogP contribution in [-0.2, 0) is 4.74 Å². The quantitative estimate of drug-likeness (QED) is 0.729. The predicted octanol–water partition coefficient (Wildman–Crippen LogP) is 1.85. The van der Waals surface area contributed by atoms with E-state index >= 15 is 0 Å². The van der Waals surface area contributed by atoms with Gasteiger partial charge >= 0.3 is 0 Å². The summed E-state index contributed by atoms with van der Waals surface area (Å²) in [7, 11) is 1.66. The third-order valence-corrected chi connectivity index (χ3v) is 2.08. The number of rotatable bonds is 5. The van der Waals surface area contributed by atoms with Crippen molar-refractivity contribution in [1.29, 1.82) is 0 Å². The van der Waals surface area contributed by atoms with E-state index in [4.69, 9.17) is 4.74 Å². The molecular formula is C11H17NO2. The number of hydrogen-bond donors (Lipinski definition) is 1. The summed E-state index contributed by atoms with van der Waals surface area (Å²) in [6.45, 7) is 2.61. The fraction of sp³-hybridized carbons (Fsp3) is 0.545. The molecule has 1 aromatic rings. The fourth-order valence-electron chi connectivity index (χ4n) is 1.32. The van der Waals surface area contributed by atoms with E-state index in [2.05, 4.69) is 4.98 Å². The summed E-state index contributed by atoms with van der Waals surface area (Å²) in [5, 5.41) is 9.75. The molecule has 0 spiro atoms. The first kappa shape index (κ1) is 11.1. The van der Waals surface area contributed by atoms with Gasteiger partial charge in [0.15, 0.2) is 0 Å². The zero-order valence-electron chi connectivity index (χ0n) is 8.73. The highest BCUT2D eigenvalue weighted by atomic mass is 16.5. The van der Waals surface area contributed by atoms with E-state index in [9.17, 15) is 5.11 Å². The first-order chi connectivity index (χ1) is 6.74. The van der Waals surface area contributed by atoms with Crippen LogP contribution in [0.4, 0.5) is 0 Å². The average Bonchev–Trinajstić information content (AvgIpc) is 2.18. The summed E-state index contributed by atoms with van der Waals surface area (Å²) in [6, 6.07) is 5.69. The van der Waals surface area contributed by atoms with Gasteiger partial charge in [0.2, 0.25) is 0 Å². The minimum absolute atomic E-state index is 0.468. The first-order valence-electron chi connectivity index (χ1n) is 4.84. The minimum Gasteiger partial charge on any atom is -0.387 e. The molecule has 0 fully saturated rings. The molecule has 1 N–H and O–H groups in total. The van der Waals surface area contributed by atoms with Crippen LogP contribution in [0.5, 0.6) is 0 Å². The van der Waals surface area contributed by atoms with Crippen molar-refractivity contribution in [3.05, 3.63) is 29.6 Å². The SMILES string of the molecule is COCCCC(O)c1cccc(C)n1. The van der Waals surface area contributed by atoms with Gasteiger partial charge in [0.25, 0.3) is 0 Å². The second-order valence-corrected chi connectivity index (χ2v) is 3.35. The number of nitrogens with zero attached hydrogens (tertiary/aromatic N) is 1. The van der Waals surface area contributed by atoms with Crippen molar-refractivity contribution in [2.24, 2.45) is 0 Å². The smallest absolute Gasteiger partial charge is 0.0960 e. The van der Waals surface area contributed by atoms with Gasteiger partial charge in [0, 0.05) is 19.4 Å². The van der Waals surface area contributed by atoms with Crippen LogP contribution in [0.1, 0.15) is 30.3 Å². The van der Waals surface area contributed by atoms with Crippen molar-refractivity contribution in [2.45, 2.75) is 25.9 Å². The van der Waals surface area contributed by atoms with E-state index in [0.29, 0.717) is 13.0 Å². The second-order valence-electron chi connectivity index (χ2n) is 3.35. The topological polar surface area (TPSA) is 42.4 Å². The number of methoxy groups -OCH3 is 1. The second kappa shape index (κ2) is 5.73. The van der Waals surface area contributed by atoms with Gasteiger partial charge in [-0.05, 0) is 31.9 Å². The van der Waals surface area contributed by atoms with E-state index in [1.807, 2.05) is 25.1 Å². The highest BCUT2D eigenvalue weighted by molar-refractivity contribution is 5.11. The largest absolute Gasteiger partial charge is 0.387 e. The van der Waals surface area contributed by atoms with Crippen LogP contribution in [0.3, 0.4) is 0 Å². The fourth-order valence-corrected chi connectivity index (χ4v) is 1.32. The van der Waals surface area contributed by atoms with Gasteiger partial charge in [-0.15, -0.1) is 0 Å². The molecule has 0 amide bonds.